The van der Waals surface area contributed by atoms with Gasteiger partial charge in [0.25, 0.3) is 0 Å². The van der Waals surface area contributed by atoms with Gasteiger partial charge >= 0.3 is 5.97 Å². The number of aryl methyl sites for hydroxylation is 1. The van der Waals surface area contributed by atoms with Crippen molar-refractivity contribution in [3.63, 3.8) is 0 Å². The van der Waals surface area contributed by atoms with E-state index >= 15 is 4.39 Å². The molecule has 1 atom stereocenters. The van der Waals surface area contributed by atoms with E-state index in [1.54, 1.807) is 18.2 Å². The molecule has 1 aliphatic carbocycles. The van der Waals surface area contributed by atoms with E-state index in [0.29, 0.717) is 36.8 Å². The lowest BCUT2D eigenvalue weighted by Crippen LogP contribution is -2.14. The zero-order chi connectivity index (χ0) is 31.1. The minimum absolute atomic E-state index is 0.0933. The first-order valence-electron chi connectivity index (χ1n) is 14.3. The minimum Gasteiger partial charge on any atom is -0.490 e. The molecule has 0 amide bonds. The Hall–Kier alpha value is -4.01. The number of unbranched alkanes of at least 4 members (excludes halogenated alkanes) is 1. The van der Waals surface area contributed by atoms with Gasteiger partial charge in [-0.3, -0.25) is 0 Å². The highest BCUT2D eigenvalue weighted by Gasteiger charge is 2.27. The van der Waals surface area contributed by atoms with Crippen LogP contribution < -0.4 is 9.47 Å². The van der Waals surface area contributed by atoms with Crippen LogP contribution in [0.4, 0.5) is 26.3 Å². The van der Waals surface area contributed by atoms with Gasteiger partial charge < -0.3 is 9.47 Å². The number of hydrogen-bond donors (Lipinski definition) is 0. The Bertz CT molecular complexity index is 1550. The largest absolute Gasteiger partial charge is 0.490 e. The summed E-state index contributed by atoms with van der Waals surface area (Å²) in [7, 11) is 0. The van der Waals surface area contributed by atoms with Crippen LogP contribution in [0, 0.1) is 34.9 Å². The lowest BCUT2D eigenvalue weighted by molar-refractivity contribution is 0.0720. The van der Waals surface area contributed by atoms with E-state index in [1.807, 2.05) is 26.0 Å². The summed E-state index contributed by atoms with van der Waals surface area (Å²) in [6, 6.07) is 7.41. The van der Waals surface area contributed by atoms with Crippen molar-refractivity contribution in [2.24, 2.45) is 0 Å². The van der Waals surface area contributed by atoms with Gasteiger partial charge in [-0.15, -0.1) is 0 Å². The standard InChI is InChI=1S/C34H32F6O3/c1-3-5-7-8-22-13-14-23(29(36)28(22)35)20-9-11-21(12-10-20)24-15-16-25(31(38)30(24)37)34(41)43-27-18-17-26(32(39)33(27)40)42-19-6-4-2/h3,5,11,13-18,20H,4,6-10,12,19H2,1-2H3/b5-3+. The number of ether oxygens (including phenoxy) is 2. The fraction of sp³-hybridized carbons (Fsp3) is 0.324. The molecule has 0 bridgehead atoms. The Morgan fingerprint density at radius 3 is 2.33 bits per heavy atom. The van der Waals surface area contributed by atoms with Gasteiger partial charge in [-0.2, -0.15) is 8.78 Å². The normalized spacial score (nSPS) is 15.1. The van der Waals surface area contributed by atoms with E-state index < -0.39 is 52.2 Å². The van der Waals surface area contributed by atoms with E-state index in [0.717, 1.165) is 24.6 Å². The number of esters is 1. The van der Waals surface area contributed by atoms with E-state index in [4.69, 9.17) is 9.47 Å². The van der Waals surface area contributed by atoms with Gasteiger partial charge in [-0.05, 0) is 86.3 Å². The third-order valence-corrected chi connectivity index (χ3v) is 7.48. The average molecular weight is 603 g/mol. The molecule has 228 valence electrons. The Labute approximate surface area is 246 Å². The molecule has 4 rings (SSSR count). The molecular formula is C34H32F6O3. The molecule has 3 aromatic rings. The summed E-state index contributed by atoms with van der Waals surface area (Å²) in [4.78, 5) is 12.6. The van der Waals surface area contributed by atoms with Crippen LogP contribution in [0.5, 0.6) is 11.5 Å². The molecule has 0 radical (unpaired) electrons. The van der Waals surface area contributed by atoms with Gasteiger partial charge in [0.15, 0.2) is 34.8 Å². The molecule has 3 nitrogen and oxygen atoms in total. The fourth-order valence-corrected chi connectivity index (χ4v) is 5.02. The zero-order valence-corrected chi connectivity index (χ0v) is 23.9. The molecule has 9 heteroatoms. The molecule has 0 saturated heterocycles. The molecule has 0 heterocycles. The highest BCUT2D eigenvalue weighted by molar-refractivity contribution is 5.92. The summed E-state index contributed by atoms with van der Waals surface area (Å²) < 4.78 is 98.4. The van der Waals surface area contributed by atoms with Crippen molar-refractivity contribution >= 4 is 11.5 Å². The first kappa shape index (κ1) is 31.9. The third-order valence-electron chi connectivity index (χ3n) is 7.48. The van der Waals surface area contributed by atoms with E-state index in [2.05, 4.69) is 0 Å². The second-order valence-corrected chi connectivity index (χ2v) is 10.3. The van der Waals surface area contributed by atoms with Crippen LogP contribution >= 0.6 is 0 Å². The molecular weight excluding hydrogens is 570 g/mol. The van der Waals surface area contributed by atoms with Crippen LogP contribution in [0.2, 0.25) is 0 Å². The Morgan fingerprint density at radius 1 is 0.884 bits per heavy atom. The van der Waals surface area contributed by atoms with Gasteiger partial charge in [-0.1, -0.05) is 49.8 Å². The molecule has 3 aromatic carbocycles. The topological polar surface area (TPSA) is 35.5 Å². The summed E-state index contributed by atoms with van der Waals surface area (Å²) in [5.74, 6) is -10.4. The maximum Gasteiger partial charge on any atom is 0.346 e. The smallest absolute Gasteiger partial charge is 0.346 e. The van der Waals surface area contributed by atoms with Crippen molar-refractivity contribution in [1.82, 2.24) is 0 Å². The molecule has 1 aliphatic rings. The van der Waals surface area contributed by atoms with Crippen LogP contribution in [-0.4, -0.2) is 12.6 Å². The highest BCUT2D eigenvalue weighted by atomic mass is 19.2. The lowest BCUT2D eigenvalue weighted by Gasteiger charge is -2.24. The Morgan fingerprint density at radius 2 is 1.63 bits per heavy atom. The van der Waals surface area contributed by atoms with Crippen molar-refractivity contribution in [3.05, 3.63) is 112 Å². The van der Waals surface area contributed by atoms with Crippen LogP contribution in [-0.2, 0) is 6.42 Å². The van der Waals surface area contributed by atoms with Gasteiger partial charge in [0.05, 0.1) is 12.2 Å². The number of carbonyl (C=O) groups is 1. The van der Waals surface area contributed by atoms with Gasteiger partial charge in [0.2, 0.25) is 11.6 Å². The second kappa shape index (κ2) is 14.4. The molecule has 1 unspecified atom stereocenters. The van der Waals surface area contributed by atoms with E-state index in [9.17, 15) is 26.7 Å². The SMILES string of the molecule is C/C=C/CCc1ccc(C2CC=C(c3ccc(C(=O)Oc4ccc(OCCCC)c(F)c4F)c(F)c3F)CC2)c(F)c1F. The van der Waals surface area contributed by atoms with Crippen LogP contribution in [0.1, 0.15) is 85.3 Å². The maximum absolute atomic E-state index is 15.1. The van der Waals surface area contributed by atoms with Gasteiger partial charge in [-0.25, -0.2) is 22.4 Å². The summed E-state index contributed by atoms with van der Waals surface area (Å²) >= 11 is 0. The van der Waals surface area contributed by atoms with Gasteiger partial charge in [0, 0.05) is 5.56 Å². The first-order chi connectivity index (χ1) is 20.7. The Kier molecular flexibility index (Phi) is 10.7. The summed E-state index contributed by atoms with van der Waals surface area (Å²) in [5.41, 5.74) is 0.0820. The van der Waals surface area contributed by atoms with Crippen molar-refractivity contribution in [2.45, 2.75) is 64.7 Å². The van der Waals surface area contributed by atoms with Crippen molar-refractivity contribution < 1.29 is 40.6 Å². The average Bonchev–Trinajstić information content (AvgIpc) is 3.00. The summed E-state index contributed by atoms with van der Waals surface area (Å²) in [6.07, 6.45) is 8.64. The minimum atomic E-state index is -1.51. The van der Waals surface area contributed by atoms with Crippen molar-refractivity contribution in [3.8, 4) is 11.5 Å². The molecule has 0 aliphatic heterocycles. The number of allylic oxidation sites excluding steroid dienone is 4. The molecule has 0 N–H and O–H groups in total. The van der Waals surface area contributed by atoms with Gasteiger partial charge in [0.1, 0.15) is 0 Å². The van der Waals surface area contributed by atoms with E-state index in [1.165, 1.54) is 6.07 Å². The Balaban J connectivity index is 1.47. The molecule has 0 spiro atoms. The zero-order valence-electron chi connectivity index (χ0n) is 23.9. The number of hydrogen-bond acceptors (Lipinski definition) is 3. The molecule has 0 saturated carbocycles. The predicted molar refractivity (Wildman–Crippen MR) is 152 cm³/mol. The van der Waals surface area contributed by atoms with Crippen molar-refractivity contribution in [2.75, 3.05) is 6.61 Å². The van der Waals surface area contributed by atoms with Crippen LogP contribution in [0.3, 0.4) is 0 Å². The quantitative estimate of drug-likeness (QED) is 0.0721. The number of benzene rings is 3. The lowest BCUT2D eigenvalue weighted by atomic mass is 9.82. The van der Waals surface area contributed by atoms with E-state index in [-0.39, 0.29) is 42.2 Å². The molecule has 43 heavy (non-hydrogen) atoms. The fourth-order valence-electron chi connectivity index (χ4n) is 5.02. The molecule has 0 aromatic heterocycles. The third kappa shape index (κ3) is 7.14. The maximum atomic E-state index is 15.1. The van der Waals surface area contributed by atoms with Crippen LogP contribution in [0.25, 0.3) is 5.57 Å². The predicted octanol–water partition coefficient (Wildman–Crippen LogP) is 9.78. The van der Waals surface area contributed by atoms with Crippen LogP contribution in [0.15, 0.2) is 54.6 Å². The number of carbonyl (C=O) groups excluding carboxylic acids is 1. The number of halogens is 6. The summed E-state index contributed by atoms with van der Waals surface area (Å²) in [6.45, 7) is 3.92. The molecule has 0 fully saturated rings. The number of rotatable bonds is 11. The highest BCUT2D eigenvalue weighted by Crippen LogP contribution is 2.39. The monoisotopic (exact) mass is 602 g/mol. The summed E-state index contributed by atoms with van der Waals surface area (Å²) in [5, 5.41) is 0. The first-order valence-corrected chi connectivity index (χ1v) is 14.3. The second-order valence-electron chi connectivity index (χ2n) is 10.3. The van der Waals surface area contributed by atoms with Crippen molar-refractivity contribution in [1.29, 1.82) is 0 Å².